The highest BCUT2D eigenvalue weighted by atomic mass is 32.2. The average molecular weight is 371 g/mol. The molecule has 0 aliphatic carbocycles. The summed E-state index contributed by atoms with van der Waals surface area (Å²) in [6.45, 7) is 0. The van der Waals surface area contributed by atoms with Gasteiger partial charge in [0.05, 0.1) is 13.5 Å². The Balaban J connectivity index is 1.50. The zero-order chi connectivity index (χ0) is 17.5. The van der Waals surface area contributed by atoms with Crippen molar-refractivity contribution in [2.24, 2.45) is 0 Å². The molecule has 0 bridgehead atoms. The van der Waals surface area contributed by atoms with E-state index in [4.69, 9.17) is 4.74 Å². The topological polar surface area (TPSA) is 64.1 Å². The lowest BCUT2D eigenvalue weighted by Crippen LogP contribution is -2.14. The van der Waals surface area contributed by atoms with Crippen LogP contribution in [0.15, 0.2) is 58.9 Å². The number of amides is 1. The van der Waals surface area contributed by atoms with Gasteiger partial charge in [-0.3, -0.25) is 4.79 Å². The molecule has 3 rings (SSSR count). The molecule has 128 valence electrons. The van der Waals surface area contributed by atoms with Crippen LogP contribution in [-0.4, -0.2) is 23.2 Å². The van der Waals surface area contributed by atoms with Gasteiger partial charge in [-0.1, -0.05) is 65.6 Å². The number of thioether (sulfide) groups is 1. The SMILES string of the molecule is COc1ccc(CSc2nnc(NC(=O)Cc3ccccc3)s2)cc1. The van der Waals surface area contributed by atoms with Crippen LogP contribution in [0.1, 0.15) is 11.1 Å². The van der Waals surface area contributed by atoms with E-state index in [1.807, 2.05) is 54.6 Å². The molecule has 0 saturated heterocycles. The molecule has 0 aliphatic heterocycles. The lowest BCUT2D eigenvalue weighted by atomic mass is 10.1. The van der Waals surface area contributed by atoms with Crippen molar-refractivity contribution in [3.8, 4) is 5.75 Å². The zero-order valence-electron chi connectivity index (χ0n) is 13.6. The molecule has 1 amide bonds. The Hall–Kier alpha value is -2.38. The van der Waals surface area contributed by atoms with E-state index in [2.05, 4.69) is 15.5 Å². The first-order valence-corrected chi connectivity index (χ1v) is 9.46. The fraction of sp³-hybridized carbons (Fsp3) is 0.167. The second-order valence-corrected chi connectivity index (χ2v) is 7.42. The van der Waals surface area contributed by atoms with Crippen molar-refractivity contribution in [1.29, 1.82) is 0 Å². The number of nitrogens with one attached hydrogen (secondary N) is 1. The Bertz CT molecular complexity index is 820. The van der Waals surface area contributed by atoms with Crippen LogP contribution >= 0.6 is 23.1 Å². The predicted octanol–water partition coefficient (Wildman–Crippen LogP) is 4.02. The largest absolute Gasteiger partial charge is 0.497 e. The molecule has 0 fully saturated rings. The molecule has 3 aromatic rings. The fourth-order valence-corrected chi connectivity index (χ4v) is 3.85. The van der Waals surface area contributed by atoms with Gasteiger partial charge in [0.15, 0.2) is 4.34 Å². The van der Waals surface area contributed by atoms with Gasteiger partial charge < -0.3 is 10.1 Å². The van der Waals surface area contributed by atoms with Gasteiger partial charge >= 0.3 is 0 Å². The van der Waals surface area contributed by atoms with E-state index in [0.29, 0.717) is 11.6 Å². The first-order valence-electron chi connectivity index (χ1n) is 7.66. The van der Waals surface area contributed by atoms with Crippen LogP contribution < -0.4 is 10.1 Å². The number of benzene rings is 2. The van der Waals surface area contributed by atoms with Crippen LogP contribution in [0.25, 0.3) is 0 Å². The molecule has 0 saturated carbocycles. The molecule has 1 aromatic heterocycles. The third-order valence-electron chi connectivity index (χ3n) is 3.38. The molecular formula is C18H17N3O2S2. The highest BCUT2D eigenvalue weighted by Gasteiger charge is 2.09. The van der Waals surface area contributed by atoms with Gasteiger partial charge in [0.1, 0.15) is 5.75 Å². The maximum atomic E-state index is 12.0. The number of ether oxygens (including phenoxy) is 1. The van der Waals surface area contributed by atoms with Gasteiger partial charge in [-0.15, -0.1) is 10.2 Å². The molecule has 5 nitrogen and oxygen atoms in total. The number of carbonyl (C=O) groups excluding carboxylic acids is 1. The Morgan fingerprint density at radius 2 is 1.84 bits per heavy atom. The summed E-state index contributed by atoms with van der Waals surface area (Å²) < 4.78 is 5.97. The molecule has 0 aliphatic rings. The highest BCUT2D eigenvalue weighted by molar-refractivity contribution is 8.00. The monoisotopic (exact) mass is 371 g/mol. The maximum Gasteiger partial charge on any atom is 0.230 e. The summed E-state index contributed by atoms with van der Waals surface area (Å²) in [6.07, 6.45) is 0.328. The molecule has 2 aromatic carbocycles. The lowest BCUT2D eigenvalue weighted by Gasteiger charge is -2.02. The number of rotatable bonds is 7. The molecule has 25 heavy (non-hydrogen) atoms. The number of methoxy groups -OCH3 is 1. The van der Waals surface area contributed by atoms with Crippen LogP contribution in [0.4, 0.5) is 5.13 Å². The van der Waals surface area contributed by atoms with E-state index in [9.17, 15) is 4.79 Å². The zero-order valence-corrected chi connectivity index (χ0v) is 15.3. The van der Waals surface area contributed by atoms with E-state index in [1.54, 1.807) is 18.9 Å². The van der Waals surface area contributed by atoms with Gasteiger partial charge in [0.25, 0.3) is 0 Å². The molecule has 0 unspecified atom stereocenters. The third kappa shape index (κ3) is 5.30. The van der Waals surface area contributed by atoms with Gasteiger partial charge in [0, 0.05) is 5.75 Å². The number of aromatic nitrogens is 2. The smallest absolute Gasteiger partial charge is 0.230 e. The predicted molar refractivity (Wildman–Crippen MR) is 101 cm³/mol. The number of anilines is 1. The Morgan fingerprint density at radius 3 is 2.56 bits per heavy atom. The van der Waals surface area contributed by atoms with Crippen molar-refractivity contribution in [3.05, 3.63) is 65.7 Å². The van der Waals surface area contributed by atoms with Crippen molar-refractivity contribution in [3.63, 3.8) is 0 Å². The van der Waals surface area contributed by atoms with Crippen molar-refractivity contribution >= 4 is 34.1 Å². The Labute approximate surface area is 154 Å². The fourth-order valence-electron chi connectivity index (χ4n) is 2.13. The standard InChI is InChI=1S/C18H17N3O2S2/c1-23-15-9-7-14(8-10-15)12-24-18-21-20-17(25-18)19-16(22)11-13-5-3-2-4-6-13/h2-10H,11-12H2,1H3,(H,19,20,22). The van der Waals surface area contributed by atoms with Crippen molar-refractivity contribution in [2.75, 3.05) is 12.4 Å². The average Bonchev–Trinajstić information content (AvgIpc) is 3.08. The molecule has 7 heteroatoms. The summed E-state index contributed by atoms with van der Waals surface area (Å²) in [7, 11) is 1.65. The summed E-state index contributed by atoms with van der Waals surface area (Å²) in [6, 6.07) is 17.5. The van der Waals surface area contributed by atoms with Crippen molar-refractivity contribution in [1.82, 2.24) is 10.2 Å². The molecule has 0 spiro atoms. The Morgan fingerprint density at radius 1 is 1.08 bits per heavy atom. The summed E-state index contributed by atoms with van der Waals surface area (Å²) in [5.41, 5.74) is 2.15. The van der Waals surface area contributed by atoms with E-state index < -0.39 is 0 Å². The van der Waals surface area contributed by atoms with E-state index >= 15 is 0 Å². The normalized spacial score (nSPS) is 10.4. The minimum atomic E-state index is -0.0888. The number of carbonyl (C=O) groups is 1. The first-order chi connectivity index (χ1) is 12.2. The van der Waals surface area contributed by atoms with Crippen LogP contribution in [-0.2, 0) is 17.0 Å². The lowest BCUT2D eigenvalue weighted by molar-refractivity contribution is -0.115. The van der Waals surface area contributed by atoms with Crippen LogP contribution in [0.2, 0.25) is 0 Å². The molecule has 0 atom stereocenters. The van der Waals surface area contributed by atoms with E-state index in [1.165, 1.54) is 16.9 Å². The molecular weight excluding hydrogens is 354 g/mol. The van der Waals surface area contributed by atoms with Crippen LogP contribution in [0.3, 0.4) is 0 Å². The molecule has 1 heterocycles. The second-order valence-electron chi connectivity index (χ2n) is 5.22. The maximum absolute atomic E-state index is 12.0. The highest BCUT2D eigenvalue weighted by Crippen LogP contribution is 2.28. The van der Waals surface area contributed by atoms with Crippen molar-refractivity contribution in [2.45, 2.75) is 16.5 Å². The van der Waals surface area contributed by atoms with Gasteiger partial charge in [-0.05, 0) is 23.3 Å². The minimum absolute atomic E-state index is 0.0888. The summed E-state index contributed by atoms with van der Waals surface area (Å²) >= 11 is 2.97. The Kier molecular flexibility index (Phi) is 6.03. The third-order valence-corrected chi connectivity index (χ3v) is 5.42. The second kappa shape index (κ2) is 8.64. The number of hydrogen-bond acceptors (Lipinski definition) is 6. The quantitative estimate of drug-likeness (QED) is 0.502. The van der Waals surface area contributed by atoms with Gasteiger partial charge in [0.2, 0.25) is 11.0 Å². The van der Waals surface area contributed by atoms with Crippen molar-refractivity contribution < 1.29 is 9.53 Å². The van der Waals surface area contributed by atoms with Crippen LogP contribution in [0, 0.1) is 0 Å². The van der Waals surface area contributed by atoms with E-state index in [0.717, 1.165) is 21.4 Å². The minimum Gasteiger partial charge on any atom is -0.497 e. The van der Waals surface area contributed by atoms with Gasteiger partial charge in [-0.25, -0.2) is 0 Å². The summed E-state index contributed by atoms with van der Waals surface area (Å²) in [5.74, 6) is 1.54. The van der Waals surface area contributed by atoms with Gasteiger partial charge in [-0.2, -0.15) is 0 Å². The first kappa shape index (κ1) is 17.4. The number of nitrogens with zero attached hydrogens (tertiary/aromatic N) is 2. The van der Waals surface area contributed by atoms with Crippen LogP contribution in [0.5, 0.6) is 5.75 Å². The summed E-state index contributed by atoms with van der Waals surface area (Å²) in [4.78, 5) is 12.0. The molecule has 0 radical (unpaired) electrons. The summed E-state index contributed by atoms with van der Waals surface area (Å²) in [5, 5.41) is 11.5. The molecule has 1 N–H and O–H groups in total. The van der Waals surface area contributed by atoms with E-state index in [-0.39, 0.29) is 5.91 Å². The number of hydrogen-bond donors (Lipinski definition) is 1.